The number of esters is 1. The molecule has 1 aliphatic rings. The summed E-state index contributed by atoms with van der Waals surface area (Å²) in [5.41, 5.74) is 1.64. The van der Waals surface area contributed by atoms with Gasteiger partial charge in [-0.25, -0.2) is 0 Å². The van der Waals surface area contributed by atoms with Crippen LogP contribution in [0.3, 0.4) is 0 Å². The van der Waals surface area contributed by atoms with E-state index in [9.17, 15) is 14.4 Å². The first-order valence-electron chi connectivity index (χ1n) is 8.26. The van der Waals surface area contributed by atoms with E-state index in [4.69, 9.17) is 4.74 Å². The summed E-state index contributed by atoms with van der Waals surface area (Å²) in [5.74, 6) is -2.66. The molecule has 2 atom stereocenters. The van der Waals surface area contributed by atoms with E-state index in [0.29, 0.717) is 18.4 Å². The highest BCUT2D eigenvalue weighted by molar-refractivity contribution is 6.10. The lowest BCUT2D eigenvalue weighted by atomic mass is 9.73. The smallest absolute Gasteiger partial charge is 0.317 e. The third-order valence-corrected chi connectivity index (χ3v) is 4.73. The molecule has 0 unspecified atom stereocenters. The zero-order valence-corrected chi connectivity index (χ0v) is 13.9. The number of aryl methyl sites for hydroxylation is 1. The summed E-state index contributed by atoms with van der Waals surface area (Å²) in [5, 5.41) is 2.16. The van der Waals surface area contributed by atoms with Gasteiger partial charge in [0.05, 0.1) is 6.61 Å². The maximum absolute atomic E-state index is 13.0. The summed E-state index contributed by atoms with van der Waals surface area (Å²) in [7, 11) is 0. The fraction of sp³-hybridized carbons (Fsp3) is 0.350. The molecule has 0 amide bonds. The van der Waals surface area contributed by atoms with Gasteiger partial charge < -0.3 is 4.74 Å². The van der Waals surface area contributed by atoms with Crippen LogP contribution < -0.4 is 0 Å². The van der Waals surface area contributed by atoms with Gasteiger partial charge in [-0.2, -0.15) is 0 Å². The van der Waals surface area contributed by atoms with Crippen molar-refractivity contribution in [2.24, 2.45) is 11.8 Å². The highest BCUT2D eigenvalue weighted by Crippen LogP contribution is 2.35. The monoisotopic (exact) mass is 324 g/mol. The zero-order chi connectivity index (χ0) is 17.3. The van der Waals surface area contributed by atoms with Crippen molar-refractivity contribution in [2.45, 2.75) is 26.7 Å². The van der Waals surface area contributed by atoms with Gasteiger partial charge in [0.2, 0.25) is 0 Å². The summed E-state index contributed by atoms with van der Waals surface area (Å²) in [6.45, 7) is 3.24. The van der Waals surface area contributed by atoms with Crippen LogP contribution in [-0.2, 0) is 20.7 Å². The Morgan fingerprint density at radius 2 is 1.96 bits per heavy atom. The standard InChI is InChI=1S/C20H20O4/c1-3-24-20(23)18(12(2)21)17-11-10-15-14-7-5-4-6-13(14)8-9-16(15)19(17)22/h4-9,17-18H,3,10-11H2,1-2H3/t17-,18-/m1/s1. The van der Waals surface area contributed by atoms with Gasteiger partial charge in [0.25, 0.3) is 0 Å². The molecular weight excluding hydrogens is 304 g/mol. The first kappa shape index (κ1) is 16.4. The molecule has 24 heavy (non-hydrogen) atoms. The molecule has 0 bridgehead atoms. The molecule has 0 aromatic heterocycles. The number of rotatable bonds is 4. The molecule has 0 aliphatic heterocycles. The predicted molar refractivity (Wildman–Crippen MR) is 90.9 cm³/mol. The average molecular weight is 324 g/mol. The number of carbonyl (C=O) groups is 3. The molecule has 1 aliphatic carbocycles. The Balaban J connectivity index is 2.01. The molecule has 2 aromatic rings. The maximum Gasteiger partial charge on any atom is 0.317 e. The van der Waals surface area contributed by atoms with Gasteiger partial charge in [0, 0.05) is 11.5 Å². The number of fused-ring (bicyclic) bond motifs is 3. The van der Waals surface area contributed by atoms with Crippen molar-refractivity contribution >= 4 is 28.3 Å². The third kappa shape index (κ3) is 2.73. The van der Waals surface area contributed by atoms with Crippen molar-refractivity contribution in [3.63, 3.8) is 0 Å². The zero-order valence-electron chi connectivity index (χ0n) is 13.9. The number of hydrogen-bond donors (Lipinski definition) is 0. The quantitative estimate of drug-likeness (QED) is 0.639. The summed E-state index contributed by atoms with van der Waals surface area (Å²) in [4.78, 5) is 37.1. The Morgan fingerprint density at radius 1 is 1.21 bits per heavy atom. The van der Waals surface area contributed by atoms with Gasteiger partial charge in [-0.05, 0) is 43.0 Å². The van der Waals surface area contributed by atoms with Gasteiger partial charge in [-0.1, -0.05) is 36.4 Å². The summed E-state index contributed by atoms with van der Waals surface area (Å²) < 4.78 is 5.01. The molecule has 0 fully saturated rings. The van der Waals surface area contributed by atoms with Crippen LogP contribution in [0.1, 0.15) is 36.2 Å². The second-order valence-corrected chi connectivity index (χ2v) is 6.16. The van der Waals surface area contributed by atoms with E-state index < -0.39 is 17.8 Å². The topological polar surface area (TPSA) is 60.4 Å². The Labute approximate surface area is 140 Å². The van der Waals surface area contributed by atoms with Crippen molar-refractivity contribution in [3.8, 4) is 0 Å². The molecule has 2 aromatic carbocycles. The molecule has 0 heterocycles. The van der Waals surface area contributed by atoms with Crippen molar-refractivity contribution in [1.29, 1.82) is 0 Å². The van der Waals surface area contributed by atoms with Crippen LogP contribution in [0.2, 0.25) is 0 Å². The highest BCUT2D eigenvalue weighted by atomic mass is 16.5. The highest BCUT2D eigenvalue weighted by Gasteiger charge is 2.41. The number of Topliss-reactive ketones (excluding diaryl/α,β-unsaturated/α-hetero) is 2. The minimum atomic E-state index is -1.00. The number of ketones is 2. The largest absolute Gasteiger partial charge is 0.465 e. The first-order valence-corrected chi connectivity index (χ1v) is 8.26. The predicted octanol–water partition coefficient (Wildman–Crippen LogP) is 3.35. The van der Waals surface area contributed by atoms with E-state index in [1.165, 1.54) is 6.92 Å². The molecule has 4 nitrogen and oxygen atoms in total. The first-order chi connectivity index (χ1) is 11.5. The second-order valence-electron chi connectivity index (χ2n) is 6.16. The average Bonchev–Trinajstić information content (AvgIpc) is 2.57. The van der Waals surface area contributed by atoms with Crippen LogP contribution in [0, 0.1) is 11.8 Å². The molecule has 3 rings (SSSR count). The maximum atomic E-state index is 13.0. The van der Waals surface area contributed by atoms with Gasteiger partial charge in [-0.3, -0.25) is 14.4 Å². The lowest BCUT2D eigenvalue weighted by Gasteiger charge is -2.28. The second kappa shape index (κ2) is 6.56. The summed E-state index contributed by atoms with van der Waals surface area (Å²) in [6.07, 6.45) is 1.17. The lowest BCUT2D eigenvalue weighted by molar-refractivity contribution is -0.152. The molecule has 0 radical (unpaired) electrons. The number of hydrogen-bond acceptors (Lipinski definition) is 4. The van der Waals surface area contributed by atoms with Crippen molar-refractivity contribution in [2.75, 3.05) is 6.61 Å². The minimum Gasteiger partial charge on any atom is -0.465 e. The SMILES string of the molecule is CCOC(=O)[C@H](C(C)=O)[C@H]1CCc2c(ccc3ccccc23)C1=O. The van der Waals surface area contributed by atoms with E-state index in [1.54, 1.807) is 6.92 Å². The van der Waals surface area contributed by atoms with Gasteiger partial charge in [0.1, 0.15) is 11.7 Å². The third-order valence-electron chi connectivity index (χ3n) is 4.73. The van der Waals surface area contributed by atoms with Crippen LogP contribution in [0.5, 0.6) is 0 Å². The van der Waals surface area contributed by atoms with Crippen molar-refractivity contribution < 1.29 is 19.1 Å². The van der Waals surface area contributed by atoms with Crippen LogP contribution >= 0.6 is 0 Å². The Hall–Kier alpha value is -2.49. The molecule has 0 saturated carbocycles. The Bertz CT molecular complexity index is 821. The number of carbonyl (C=O) groups excluding carboxylic acids is 3. The molecule has 0 N–H and O–H groups in total. The van der Waals surface area contributed by atoms with Crippen LogP contribution in [0.4, 0.5) is 0 Å². The molecule has 0 spiro atoms. The van der Waals surface area contributed by atoms with Crippen molar-refractivity contribution in [1.82, 2.24) is 0 Å². The van der Waals surface area contributed by atoms with E-state index in [2.05, 4.69) is 0 Å². The normalized spacial score (nSPS) is 18.1. The van der Waals surface area contributed by atoms with Gasteiger partial charge in [-0.15, -0.1) is 0 Å². The van der Waals surface area contributed by atoms with Crippen LogP contribution in [-0.4, -0.2) is 24.1 Å². The Morgan fingerprint density at radius 3 is 2.67 bits per heavy atom. The molecule has 0 saturated heterocycles. The number of ether oxygens (including phenoxy) is 1. The van der Waals surface area contributed by atoms with E-state index in [0.717, 1.165) is 16.3 Å². The summed E-state index contributed by atoms with van der Waals surface area (Å²) >= 11 is 0. The van der Waals surface area contributed by atoms with E-state index >= 15 is 0 Å². The molecular formula is C20H20O4. The van der Waals surface area contributed by atoms with E-state index in [1.807, 2.05) is 36.4 Å². The molecule has 4 heteroatoms. The Kier molecular flexibility index (Phi) is 4.47. The van der Waals surface area contributed by atoms with Crippen LogP contribution in [0.25, 0.3) is 10.8 Å². The number of benzene rings is 2. The summed E-state index contributed by atoms with van der Waals surface area (Å²) in [6, 6.07) is 11.7. The van der Waals surface area contributed by atoms with E-state index in [-0.39, 0.29) is 18.2 Å². The van der Waals surface area contributed by atoms with Crippen molar-refractivity contribution in [3.05, 3.63) is 47.5 Å². The van der Waals surface area contributed by atoms with Crippen LogP contribution in [0.15, 0.2) is 36.4 Å². The minimum absolute atomic E-state index is 0.129. The van der Waals surface area contributed by atoms with Gasteiger partial charge >= 0.3 is 5.97 Å². The fourth-order valence-corrected chi connectivity index (χ4v) is 3.63. The molecule has 124 valence electrons. The lowest BCUT2D eigenvalue weighted by Crippen LogP contribution is -2.38. The van der Waals surface area contributed by atoms with Gasteiger partial charge in [0.15, 0.2) is 5.78 Å². The fourth-order valence-electron chi connectivity index (χ4n) is 3.63.